The molecule has 1 aromatic heterocycles. The molecule has 20 heavy (non-hydrogen) atoms. The smallest absolute Gasteiger partial charge is 0.273 e. The Morgan fingerprint density at radius 1 is 1.15 bits per heavy atom. The minimum absolute atomic E-state index is 0.0142. The van der Waals surface area contributed by atoms with Gasteiger partial charge in [-0.3, -0.25) is 10.1 Å². The van der Waals surface area contributed by atoms with E-state index in [4.69, 9.17) is 0 Å². The summed E-state index contributed by atoms with van der Waals surface area (Å²) in [6, 6.07) is 11.2. The quantitative estimate of drug-likeness (QED) is 0.581. The topological polar surface area (TPSA) is 58.9 Å². The van der Waals surface area contributed by atoms with Gasteiger partial charge in [0.15, 0.2) is 0 Å². The predicted octanol–water partition coefficient (Wildman–Crippen LogP) is 3.81. The molecule has 0 saturated carbocycles. The van der Waals surface area contributed by atoms with Gasteiger partial charge in [-0.05, 0) is 23.8 Å². The summed E-state index contributed by atoms with van der Waals surface area (Å²) in [6.07, 6.45) is 1.91. The maximum absolute atomic E-state index is 13.8. The van der Waals surface area contributed by atoms with Crippen LogP contribution in [-0.4, -0.2) is 9.91 Å². The molecule has 0 aliphatic carbocycles. The van der Waals surface area contributed by atoms with E-state index in [1.807, 2.05) is 0 Å². The molecule has 1 N–H and O–H groups in total. The molecule has 100 valence electrons. The second kappa shape index (κ2) is 4.77. The van der Waals surface area contributed by atoms with Crippen molar-refractivity contribution in [2.75, 3.05) is 0 Å². The second-order valence-electron chi connectivity index (χ2n) is 4.53. The van der Waals surface area contributed by atoms with E-state index in [9.17, 15) is 14.5 Å². The van der Waals surface area contributed by atoms with E-state index in [0.717, 1.165) is 10.9 Å². The Bertz CT molecular complexity index is 795. The summed E-state index contributed by atoms with van der Waals surface area (Å²) in [5.74, 6) is -0.352. The highest BCUT2D eigenvalue weighted by Gasteiger charge is 2.18. The number of nitro benzene ring substituents is 1. The molecular formula is C15H11FN2O2. The number of hydrogen-bond donors (Lipinski definition) is 1. The molecule has 0 saturated heterocycles. The summed E-state index contributed by atoms with van der Waals surface area (Å²) < 4.78 is 13.8. The number of nitrogens with one attached hydrogen (secondary N) is 1. The largest absolute Gasteiger partial charge is 0.361 e. The van der Waals surface area contributed by atoms with Crippen LogP contribution in [0.3, 0.4) is 0 Å². The number of aromatic nitrogens is 1. The molecule has 5 heteroatoms. The molecule has 3 rings (SSSR count). The zero-order valence-electron chi connectivity index (χ0n) is 10.5. The Kier molecular flexibility index (Phi) is 2.95. The number of H-pyrrole nitrogens is 1. The average molecular weight is 270 g/mol. The standard InChI is InChI=1S/C15H11FN2O2/c16-13-4-2-1-3-10(13)9-12-11-7-8-17-14(11)5-6-15(12)18(19)20/h1-8,17H,9H2. The molecule has 3 aromatic rings. The van der Waals surface area contributed by atoms with Gasteiger partial charge in [-0.25, -0.2) is 4.39 Å². The Hall–Kier alpha value is -2.69. The zero-order valence-corrected chi connectivity index (χ0v) is 10.5. The van der Waals surface area contributed by atoms with Crippen molar-refractivity contribution in [3.63, 3.8) is 0 Å². The van der Waals surface area contributed by atoms with Gasteiger partial charge in [0.2, 0.25) is 0 Å². The first-order valence-corrected chi connectivity index (χ1v) is 6.13. The number of nitro groups is 1. The van der Waals surface area contributed by atoms with Gasteiger partial charge in [0.25, 0.3) is 5.69 Å². The fraction of sp³-hybridized carbons (Fsp3) is 0.0667. The highest BCUT2D eigenvalue weighted by Crippen LogP contribution is 2.30. The molecule has 0 bridgehead atoms. The normalized spacial score (nSPS) is 10.8. The number of aromatic amines is 1. The Labute approximate surface area is 114 Å². The number of halogens is 1. The highest BCUT2D eigenvalue weighted by molar-refractivity contribution is 5.86. The molecule has 0 radical (unpaired) electrons. The van der Waals surface area contributed by atoms with Crippen molar-refractivity contribution in [3.05, 3.63) is 75.7 Å². The zero-order chi connectivity index (χ0) is 14.1. The van der Waals surface area contributed by atoms with Crippen LogP contribution in [0.2, 0.25) is 0 Å². The third-order valence-corrected chi connectivity index (χ3v) is 3.34. The summed E-state index contributed by atoms with van der Waals surface area (Å²) in [5, 5.41) is 11.9. The van der Waals surface area contributed by atoms with Crippen LogP contribution in [-0.2, 0) is 6.42 Å². The molecule has 0 atom stereocenters. The van der Waals surface area contributed by atoms with E-state index in [-0.39, 0.29) is 17.9 Å². The van der Waals surface area contributed by atoms with Gasteiger partial charge in [0.05, 0.1) is 4.92 Å². The van der Waals surface area contributed by atoms with Crippen molar-refractivity contribution in [2.45, 2.75) is 6.42 Å². The molecule has 0 aliphatic heterocycles. The van der Waals surface area contributed by atoms with Gasteiger partial charge in [-0.15, -0.1) is 0 Å². The molecule has 0 spiro atoms. The van der Waals surface area contributed by atoms with Gasteiger partial charge < -0.3 is 4.98 Å². The lowest BCUT2D eigenvalue weighted by atomic mass is 9.99. The first kappa shape index (κ1) is 12.3. The maximum atomic E-state index is 13.8. The van der Waals surface area contributed by atoms with Crippen molar-refractivity contribution >= 4 is 16.6 Å². The number of benzene rings is 2. The second-order valence-corrected chi connectivity index (χ2v) is 4.53. The van der Waals surface area contributed by atoms with Crippen LogP contribution in [0.5, 0.6) is 0 Å². The minimum Gasteiger partial charge on any atom is -0.361 e. The van der Waals surface area contributed by atoms with E-state index in [2.05, 4.69) is 4.98 Å². The van der Waals surface area contributed by atoms with Crippen molar-refractivity contribution < 1.29 is 9.31 Å². The SMILES string of the molecule is O=[N+]([O-])c1ccc2[nH]ccc2c1Cc1ccccc1F. The van der Waals surface area contributed by atoms with Crippen molar-refractivity contribution in [3.8, 4) is 0 Å². The molecule has 2 aromatic carbocycles. The maximum Gasteiger partial charge on any atom is 0.273 e. The van der Waals surface area contributed by atoms with Crippen LogP contribution in [0.4, 0.5) is 10.1 Å². The van der Waals surface area contributed by atoms with E-state index in [1.165, 1.54) is 12.1 Å². The number of nitrogens with zero attached hydrogens (tertiary/aromatic N) is 1. The number of rotatable bonds is 3. The minimum atomic E-state index is -0.428. The molecule has 0 aliphatic rings. The van der Waals surface area contributed by atoms with Crippen molar-refractivity contribution in [2.24, 2.45) is 0 Å². The van der Waals surface area contributed by atoms with Crippen molar-refractivity contribution in [1.29, 1.82) is 0 Å². The number of fused-ring (bicyclic) bond motifs is 1. The molecule has 0 unspecified atom stereocenters. The van der Waals surface area contributed by atoms with Gasteiger partial charge in [0.1, 0.15) is 5.82 Å². The van der Waals surface area contributed by atoms with Gasteiger partial charge in [0, 0.05) is 35.2 Å². The Morgan fingerprint density at radius 3 is 2.70 bits per heavy atom. The molecular weight excluding hydrogens is 259 g/mol. The third-order valence-electron chi connectivity index (χ3n) is 3.34. The first-order chi connectivity index (χ1) is 9.66. The van der Waals surface area contributed by atoms with Crippen LogP contribution in [0, 0.1) is 15.9 Å². The van der Waals surface area contributed by atoms with Gasteiger partial charge in [-0.1, -0.05) is 18.2 Å². The van der Waals surface area contributed by atoms with E-state index in [1.54, 1.807) is 36.5 Å². The van der Waals surface area contributed by atoms with Crippen LogP contribution < -0.4 is 0 Å². The van der Waals surface area contributed by atoms with Crippen molar-refractivity contribution in [1.82, 2.24) is 4.98 Å². The molecule has 0 fully saturated rings. The van der Waals surface area contributed by atoms with Crippen LogP contribution in [0.15, 0.2) is 48.7 Å². The summed E-state index contributed by atoms with van der Waals surface area (Å²) in [6.45, 7) is 0. The first-order valence-electron chi connectivity index (χ1n) is 6.13. The molecule has 1 heterocycles. The summed E-state index contributed by atoms with van der Waals surface area (Å²) >= 11 is 0. The third kappa shape index (κ3) is 2.03. The van der Waals surface area contributed by atoms with Crippen LogP contribution in [0.25, 0.3) is 10.9 Å². The summed E-state index contributed by atoms with van der Waals surface area (Å²) in [5.41, 5.74) is 1.80. The Balaban J connectivity index is 2.18. The number of hydrogen-bond acceptors (Lipinski definition) is 2. The Morgan fingerprint density at radius 2 is 1.95 bits per heavy atom. The predicted molar refractivity (Wildman–Crippen MR) is 74.2 cm³/mol. The highest BCUT2D eigenvalue weighted by atomic mass is 19.1. The van der Waals surface area contributed by atoms with E-state index < -0.39 is 4.92 Å². The average Bonchev–Trinajstić information content (AvgIpc) is 2.90. The van der Waals surface area contributed by atoms with Gasteiger partial charge >= 0.3 is 0 Å². The van der Waals surface area contributed by atoms with Crippen LogP contribution >= 0.6 is 0 Å². The lowest BCUT2D eigenvalue weighted by Crippen LogP contribution is -1.99. The van der Waals surface area contributed by atoms with E-state index >= 15 is 0 Å². The van der Waals surface area contributed by atoms with Gasteiger partial charge in [-0.2, -0.15) is 0 Å². The fourth-order valence-electron chi connectivity index (χ4n) is 2.37. The monoisotopic (exact) mass is 270 g/mol. The molecule has 4 nitrogen and oxygen atoms in total. The summed E-state index contributed by atoms with van der Waals surface area (Å²) in [4.78, 5) is 13.7. The lowest BCUT2D eigenvalue weighted by Gasteiger charge is -2.06. The molecule has 0 amide bonds. The summed E-state index contributed by atoms with van der Waals surface area (Å²) in [7, 11) is 0. The lowest BCUT2D eigenvalue weighted by molar-refractivity contribution is -0.385. The van der Waals surface area contributed by atoms with E-state index in [0.29, 0.717) is 11.1 Å². The fourth-order valence-corrected chi connectivity index (χ4v) is 2.37. The van der Waals surface area contributed by atoms with Crippen LogP contribution in [0.1, 0.15) is 11.1 Å².